The SMILES string of the molecule is O.O.O.O.O.O.[Ag+].[Ag+].[Ag+].[Ag+].[O-]c1ccc2ccc3cccnc3c2n1.[O-]c1ccc2ccc3cccnc3c2n1.[O-]c1ccc2ccc3cccnc3c2n1.[O-]c1ccc2ccc3cccnc3c2n1. The molecule has 0 saturated carbocycles. The molecule has 0 radical (unpaired) electrons. The molecular formula is C48H40Ag4N8O10. The summed E-state index contributed by atoms with van der Waals surface area (Å²) in [7, 11) is 0. The van der Waals surface area contributed by atoms with Crippen LogP contribution in [0.1, 0.15) is 0 Å². The zero-order chi connectivity index (χ0) is 41.0. The summed E-state index contributed by atoms with van der Waals surface area (Å²) in [6.07, 6.45) is 6.84. The van der Waals surface area contributed by atoms with E-state index in [0.29, 0.717) is 22.1 Å². The van der Waals surface area contributed by atoms with Gasteiger partial charge in [-0.3, -0.25) is 39.9 Å². The summed E-state index contributed by atoms with van der Waals surface area (Å²) in [6.45, 7) is 0. The van der Waals surface area contributed by atoms with E-state index in [1.165, 1.54) is 24.3 Å². The fourth-order valence-corrected chi connectivity index (χ4v) is 6.82. The van der Waals surface area contributed by atoms with Crippen molar-refractivity contribution in [1.29, 1.82) is 0 Å². The molecule has 0 aliphatic carbocycles. The third kappa shape index (κ3) is 14.6. The first-order valence-corrected chi connectivity index (χ1v) is 18.6. The molecule has 0 spiro atoms. The predicted octanol–water partition coefficient (Wildman–Crippen LogP) is 2.47. The van der Waals surface area contributed by atoms with Crippen molar-refractivity contribution in [3.8, 4) is 23.5 Å². The van der Waals surface area contributed by atoms with E-state index in [2.05, 4.69) is 39.9 Å². The van der Waals surface area contributed by atoms with Crippen LogP contribution in [0.25, 0.3) is 87.2 Å². The van der Waals surface area contributed by atoms with Crippen LogP contribution in [-0.4, -0.2) is 72.7 Å². The summed E-state index contributed by atoms with van der Waals surface area (Å²) in [5.41, 5.74) is 5.86. The average molecular weight is 1320 g/mol. The second-order valence-corrected chi connectivity index (χ2v) is 13.4. The van der Waals surface area contributed by atoms with Gasteiger partial charge in [0.15, 0.2) is 0 Å². The Morgan fingerprint density at radius 2 is 0.371 bits per heavy atom. The standard InChI is InChI=1S/4C12H8N2O.4Ag.6H2O/c4*15-10-6-5-9-4-3-8-2-1-7-13-11(8)12(9)14-10;;;;;;;;;;/h4*1-7H,(H,14,15);;;;;6*1H2/q;;;;4*+1;;;;;;/p-4. The van der Waals surface area contributed by atoms with Gasteiger partial charge in [0.05, 0.1) is 44.1 Å². The molecule has 12 rings (SSSR count). The summed E-state index contributed by atoms with van der Waals surface area (Å²) >= 11 is 0. The van der Waals surface area contributed by atoms with Gasteiger partial charge in [0.2, 0.25) is 0 Å². The van der Waals surface area contributed by atoms with E-state index >= 15 is 0 Å². The first-order chi connectivity index (χ1) is 29.4. The summed E-state index contributed by atoms with van der Waals surface area (Å²) in [5, 5.41) is 52.5. The zero-order valence-corrected chi connectivity index (χ0v) is 41.5. The fraction of sp³-hybridized carbons (Fsp3) is 0. The van der Waals surface area contributed by atoms with Crippen LogP contribution in [0.4, 0.5) is 0 Å². The molecule has 18 nitrogen and oxygen atoms in total. The Hall–Kier alpha value is -5.92. The Labute approximate surface area is 459 Å². The van der Waals surface area contributed by atoms with Gasteiger partial charge in [0.1, 0.15) is 0 Å². The Morgan fingerprint density at radius 1 is 0.214 bits per heavy atom. The number of nitrogens with zero attached hydrogens (tertiary/aromatic N) is 8. The summed E-state index contributed by atoms with van der Waals surface area (Å²) in [5.74, 6) is -0.886. The minimum absolute atomic E-state index is 0. The van der Waals surface area contributed by atoms with Gasteiger partial charge in [-0.1, -0.05) is 121 Å². The third-order valence-corrected chi connectivity index (χ3v) is 9.63. The molecule has 4 aromatic carbocycles. The van der Waals surface area contributed by atoms with Crippen molar-refractivity contribution < 1.29 is 143 Å². The van der Waals surface area contributed by atoms with E-state index in [0.717, 1.165) is 65.2 Å². The Morgan fingerprint density at radius 3 is 0.557 bits per heavy atom. The van der Waals surface area contributed by atoms with Gasteiger partial charge in [0.25, 0.3) is 0 Å². The molecule has 22 heteroatoms. The van der Waals surface area contributed by atoms with Gasteiger partial charge < -0.3 is 53.3 Å². The molecule has 0 aliphatic rings. The van der Waals surface area contributed by atoms with Crippen LogP contribution in [-0.2, 0) is 89.5 Å². The van der Waals surface area contributed by atoms with E-state index in [9.17, 15) is 20.4 Å². The van der Waals surface area contributed by atoms with Gasteiger partial charge in [-0.05, 0) is 47.8 Å². The third-order valence-electron chi connectivity index (χ3n) is 9.63. The van der Waals surface area contributed by atoms with Crippen molar-refractivity contribution in [2.45, 2.75) is 0 Å². The molecule has 0 atom stereocenters. The van der Waals surface area contributed by atoms with Crippen LogP contribution in [0.2, 0.25) is 0 Å². The van der Waals surface area contributed by atoms with Crippen molar-refractivity contribution in [3.63, 3.8) is 0 Å². The molecule has 376 valence electrons. The number of hydrogen-bond donors (Lipinski definition) is 0. The minimum atomic E-state index is -0.222. The van der Waals surface area contributed by atoms with Crippen LogP contribution < -0.4 is 20.4 Å². The first kappa shape index (κ1) is 66.2. The van der Waals surface area contributed by atoms with E-state index in [1.54, 1.807) is 49.1 Å². The molecular weight excluding hydrogens is 1280 g/mol. The maximum atomic E-state index is 11.2. The molecule has 0 aliphatic heterocycles. The summed E-state index contributed by atoms with van der Waals surface area (Å²) < 4.78 is 0. The Balaban J connectivity index is 0. The molecule has 12 aromatic rings. The minimum Gasteiger partial charge on any atom is -0.859 e. The molecule has 8 heterocycles. The second-order valence-electron chi connectivity index (χ2n) is 13.4. The molecule has 12 N–H and O–H groups in total. The predicted molar refractivity (Wildman–Crippen MR) is 248 cm³/mol. The maximum absolute atomic E-state index is 11.2. The molecule has 0 unspecified atom stereocenters. The maximum Gasteiger partial charge on any atom is 1.00 e. The Kier molecular flexibility index (Phi) is 28.3. The van der Waals surface area contributed by atoms with Crippen LogP contribution in [0.3, 0.4) is 0 Å². The smallest absolute Gasteiger partial charge is 0.859 e. The fourth-order valence-electron chi connectivity index (χ4n) is 6.82. The normalized spacial score (nSPS) is 9.37. The van der Waals surface area contributed by atoms with Crippen LogP contribution >= 0.6 is 0 Å². The van der Waals surface area contributed by atoms with Crippen molar-refractivity contribution in [2.24, 2.45) is 0 Å². The Bertz CT molecular complexity index is 3110. The molecule has 0 saturated heterocycles. The van der Waals surface area contributed by atoms with Crippen LogP contribution in [0.15, 0.2) is 170 Å². The zero-order valence-electron chi connectivity index (χ0n) is 35.6. The van der Waals surface area contributed by atoms with Crippen LogP contribution in [0.5, 0.6) is 23.5 Å². The van der Waals surface area contributed by atoms with E-state index in [4.69, 9.17) is 0 Å². The largest absolute Gasteiger partial charge is 1.00 e. The number of benzene rings is 4. The quantitative estimate of drug-likeness (QED) is 0.156. The number of fused-ring (bicyclic) bond motifs is 12. The van der Waals surface area contributed by atoms with Crippen LogP contribution in [0, 0.1) is 0 Å². The average Bonchev–Trinajstić information content (AvgIpc) is 3.29. The van der Waals surface area contributed by atoms with Crippen molar-refractivity contribution in [2.75, 3.05) is 0 Å². The molecule has 8 aromatic heterocycles. The van der Waals surface area contributed by atoms with Gasteiger partial charge in [0, 0.05) is 67.9 Å². The van der Waals surface area contributed by atoms with Crippen molar-refractivity contribution >= 4 is 87.2 Å². The molecule has 70 heavy (non-hydrogen) atoms. The number of aromatic nitrogens is 8. The number of pyridine rings is 8. The molecule has 0 bridgehead atoms. The molecule has 0 amide bonds. The van der Waals surface area contributed by atoms with Crippen molar-refractivity contribution in [1.82, 2.24) is 39.9 Å². The van der Waals surface area contributed by atoms with Gasteiger partial charge >= 0.3 is 89.5 Å². The summed E-state index contributed by atoms with van der Waals surface area (Å²) in [6, 6.07) is 44.0. The van der Waals surface area contributed by atoms with Gasteiger partial charge in [-0.15, -0.1) is 0 Å². The second kappa shape index (κ2) is 30.0. The first-order valence-electron chi connectivity index (χ1n) is 18.6. The van der Waals surface area contributed by atoms with E-state index in [-0.39, 0.29) is 146 Å². The molecule has 0 fully saturated rings. The van der Waals surface area contributed by atoms with E-state index in [1.807, 2.05) is 97.1 Å². The monoisotopic (exact) mass is 1320 g/mol. The number of rotatable bonds is 0. The number of hydrogen-bond acceptors (Lipinski definition) is 12. The topological polar surface area (TPSA) is 384 Å². The van der Waals surface area contributed by atoms with Gasteiger partial charge in [-0.2, -0.15) is 0 Å². The van der Waals surface area contributed by atoms with E-state index < -0.39 is 0 Å². The van der Waals surface area contributed by atoms with Gasteiger partial charge in [-0.25, -0.2) is 0 Å². The van der Waals surface area contributed by atoms with Crippen molar-refractivity contribution in [3.05, 3.63) is 170 Å². The summed E-state index contributed by atoms with van der Waals surface area (Å²) in [4.78, 5) is 32.9.